The third kappa shape index (κ3) is 15.2. The summed E-state index contributed by atoms with van der Waals surface area (Å²) in [5.41, 5.74) is 5.08. The Morgan fingerprint density at radius 1 is 0.852 bits per heavy atom. The lowest BCUT2D eigenvalue weighted by Gasteiger charge is -2.37. The average Bonchev–Trinajstić information content (AvgIpc) is 3.92. The molecule has 2 aliphatic rings. The molecule has 0 aliphatic carbocycles. The van der Waals surface area contributed by atoms with Gasteiger partial charge in [-0.15, -0.1) is 16.6 Å². The van der Waals surface area contributed by atoms with Gasteiger partial charge < -0.3 is 55.1 Å². The molecule has 2 fully saturated rings. The van der Waals surface area contributed by atoms with Crippen LogP contribution in [-0.4, -0.2) is 194 Å². The molecule has 2 atom stereocenters. The van der Waals surface area contributed by atoms with Gasteiger partial charge in [0.25, 0.3) is 0 Å². The summed E-state index contributed by atoms with van der Waals surface area (Å²) in [6.45, 7) is 8.87. The van der Waals surface area contributed by atoms with E-state index in [4.69, 9.17) is 40.7 Å². The van der Waals surface area contributed by atoms with Gasteiger partial charge in [-0.05, 0) is 26.2 Å². The largest absolute Gasteiger partial charge is 0.481 e. The number of hydrogen-bond donors (Lipinski definition) is 4. The van der Waals surface area contributed by atoms with Crippen LogP contribution in [0.25, 0.3) is 0 Å². The van der Waals surface area contributed by atoms with Crippen LogP contribution in [0, 0.1) is 12.3 Å². The molecule has 61 heavy (non-hydrogen) atoms. The first-order chi connectivity index (χ1) is 29.6. The number of rotatable bonds is 26. The minimum absolute atomic E-state index is 0.0456. The van der Waals surface area contributed by atoms with Crippen LogP contribution in [0.1, 0.15) is 50.0 Å². The van der Waals surface area contributed by atoms with Gasteiger partial charge in [-0.2, -0.15) is 15.0 Å². The van der Waals surface area contributed by atoms with E-state index in [0.29, 0.717) is 134 Å². The van der Waals surface area contributed by atoms with Crippen LogP contribution >= 0.6 is 0 Å². The number of anilines is 3. The molecular weight excluding hydrogens is 795 g/mol. The topological polar surface area (TPSA) is 272 Å². The Bertz CT molecular complexity index is 1850. The summed E-state index contributed by atoms with van der Waals surface area (Å²) in [6, 6.07) is -0.570. The number of aryl methyl sites for hydroxylation is 1. The predicted octanol–water partition coefficient (Wildman–Crippen LogP) is -2.26. The van der Waals surface area contributed by atoms with Crippen molar-refractivity contribution in [1.29, 1.82) is 0 Å². The van der Waals surface area contributed by atoms with Crippen molar-refractivity contribution in [2.24, 2.45) is 0 Å². The van der Waals surface area contributed by atoms with E-state index in [9.17, 15) is 19.5 Å². The lowest BCUT2D eigenvalue weighted by Crippen LogP contribution is -2.52. The Kier molecular flexibility index (Phi) is 18.8. The quantitative estimate of drug-likeness (QED) is 0.0490. The minimum Gasteiger partial charge on any atom is -0.481 e. The molecule has 0 spiro atoms. The molecule has 23 nitrogen and oxygen atoms in total. The highest BCUT2D eigenvalue weighted by Crippen LogP contribution is 2.23. The smallest absolute Gasteiger partial charge is 0.303 e. The molecule has 5 rings (SSSR count). The number of nitrogens with zero attached hydrogens (tertiary/aromatic N) is 13. The highest BCUT2D eigenvalue weighted by atomic mass is 16.5. The Hall–Kier alpha value is -5.54. The van der Waals surface area contributed by atoms with Crippen LogP contribution in [0.2, 0.25) is 0 Å². The summed E-state index contributed by atoms with van der Waals surface area (Å²) in [4.78, 5) is 60.3. The third-order valence-corrected chi connectivity index (χ3v) is 9.98. The first-order valence-electron chi connectivity index (χ1n) is 20.9. The summed E-state index contributed by atoms with van der Waals surface area (Å²) in [6.07, 6.45) is 10.7. The number of aromatic nitrogens is 9. The van der Waals surface area contributed by atoms with E-state index in [1.54, 1.807) is 28.9 Å². The van der Waals surface area contributed by atoms with E-state index in [0.717, 1.165) is 19.4 Å². The summed E-state index contributed by atoms with van der Waals surface area (Å²) < 4.78 is 19.5. The summed E-state index contributed by atoms with van der Waals surface area (Å²) >= 11 is 0. The maximum absolute atomic E-state index is 14.0. The van der Waals surface area contributed by atoms with Crippen molar-refractivity contribution in [3.63, 3.8) is 0 Å². The number of carbonyl (C=O) groups excluding carboxylic acids is 2. The summed E-state index contributed by atoms with van der Waals surface area (Å²) in [5, 5.41) is 38.5. The maximum Gasteiger partial charge on any atom is 0.303 e. The fourth-order valence-corrected chi connectivity index (χ4v) is 6.76. The number of hydrogen-bond acceptors (Lipinski definition) is 17. The van der Waals surface area contributed by atoms with Crippen LogP contribution < -0.4 is 20.9 Å². The number of piperazine rings is 2. The molecule has 23 heteroatoms. The van der Waals surface area contributed by atoms with Gasteiger partial charge >= 0.3 is 5.97 Å². The van der Waals surface area contributed by atoms with E-state index in [2.05, 4.69) is 37.6 Å². The highest BCUT2D eigenvalue weighted by Gasteiger charge is 2.31. The number of aliphatic hydroxyl groups excluding tert-OH is 1. The second kappa shape index (κ2) is 24.7. The number of nitrogens with one attached hydrogen (secondary N) is 1. The van der Waals surface area contributed by atoms with Gasteiger partial charge in [0.1, 0.15) is 19.2 Å². The zero-order chi connectivity index (χ0) is 43.4. The van der Waals surface area contributed by atoms with Crippen molar-refractivity contribution >= 4 is 35.6 Å². The van der Waals surface area contributed by atoms with E-state index in [-0.39, 0.29) is 37.8 Å². The van der Waals surface area contributed by atoms with E-state index < -0.39 is 18.1 Å². The number of carboxylic acids is 1. The number of ether oxygens (including phenoxy) is 3. The Morgan fingerprint density at radius 3 is 2.13 bits per heavy atom. The number of quaternary nitrogens is 1. The van der Waals surface area contributed by atoms with Gasteiger partial charge in [0, 0.05) is 84.1 Å². The van der Waals surface area contributed by atoms with Gasteiger partial charge in [-0.1, -0.05) is 16.3 Å². The maximum atomic E-state index is 14.0. The van der Waals surface area contributed by atoms with Gasteiger partial charge in [-0.25, -0.2) is 9.36 Å². The molecule has 5 heterocycles. The van der Waals surface area contributed by atoms with Crippen LogP contribution in [0.4, 0.5) is 17.8 Å². The number of unbranched alkanes of at least 4 members (excludes halogenated alkanes) is 1. The van der Waals surface area contributed by atoms with Crippen molar-refractivity contribution in [1.82, 2.24) is 54.7 Å². The number of aliphatic carboxylic acids is 1. The van der Waals surface area contributed by atoms with Crippen molar-refractivity contribution in [3.8, 4) is 12.3 Å². The molecule has 2 saturated heterocycles. The van der Waals surface area contributed by atoms with Crippen molar-refractivity contribution < 1.29 is 44.5 Å². The van der Waals surface area contributed by atoms with Crippen molar-refractivity contribution in [2.75, 3.05) is 120 Å². The number of amides is 2. The van der Waals surface area contributed by atoms with Gasteiger partial charge in [0.15, 0.2) is 0 Å². The molecule has 0 aromatic carbocycles. The number of carboxylic acid groups (broad SMARTS) is 1. The van der Waals surface area contributed by atoms with Crippen molar-refractivity contribution in [3.05, 3.63) is 23.8 Å². The number of aliphatic hydroxyl groups is 1. The number of carbonyl (C=O) groups is 3. The Labute approximate surface area is 354 Å². The molecular formula is C38H60N15O8+. The molecule has 0 saturated carbocycles. The van der Waals surface area contributed by atoms with Crippen molar-refractivity contribution in [2.45, 2.75) is 64.1 Å². The molecule has 0 radical (unpaired) electrons. The first kappa shape index (κ1) is 46.5. The Balaban J connectivity index is 1.20. The highest BCUT2D eigenvalue weighted by molar-refractivity contribution is 5.80. The molecule has 2 amide bonds. The van der Waals surface area contributed by atoms with E-state index >= 15 is 0 Å². The zero-order valence-corrected chi connectivity index (χ0v) is 35.0. The molecule has 0 bridgehead atoms. The second-order valence-corrected chi connectivity index (χ2v) is 14.8. The van der Waals surface area contributed by atoms with Crippen LogP contribution in [0.3, 0.4) is 0 Å². The van der Waals surface area contributed by atoms with E-state index in [1.165, 1.54) is 4.68 Å². The molecule has 334 valence electrons. The van der Waals surface area contributed by atoms with E-state index in [1.807, 2.05) is 14.7 Å². The normalized spacial score (nSPS) is 15.4. The van der Waals surface area contributed by atoms with Gasteiger partial charge in [0.2, 0.25) is 29.7 Å². The lowest BCUT2D eigenvalue weighted by atomic mass is 10.1. The zero-order valence-electron chi connectivity index (χ0n) is 35.0. The fraction of sp³-hybridized carbons (Fsp3) is 0.684. The second-order valence-electron chi connectivity index (χ2n) is 14.8. The average molecular weight is 855 g/mol. The van der Waals surface area contributed by atoms with Gasteiger partial charge in [0.05, 0.1) is 63.5 Å². The van der Waals surface area contributed by atoms with Crippen LogP contribution in [0.15, 0.2) is 12.4 Å². The molecule has 3 aromatic heterocycles. The SMILES string of the molecule is C#CCOCCOCCOCCNc1nc(N2CCN(C(=O)Cn3cc(CC(C)O)nn3)CC2)nc(N2CCN(C(=O)[C@H](CCCC[NH3+])n3cc(CCC(=O)O)nn3)CC2)n1. The number of terminal acetylenes is 1. The standard InChI is InChI=1S/C38H59N15O8/c1-3-19-59-21-23-61-24-22-60-20-10-40-36-41-37(50-15-11-48(12-16-50)33(55)28-52-26-31(45-46-52)25-29(2)54)43-38(42-36)51-17-13-49(14-18-51)35(58)32(6-4-5-9-39)53-27-30(44-47-53)7-8-34(56)57/h1,26-27,29,32,54H,4-25,28,39H2,2H3,(H,56,57)(H,40,41,42,43)/p+1/t29?,32-/m0/s1. The molecule has 2 aliphatic heterocycles. The summed E-state index contributed by atoms with van der Waals surface area (Å²) in [5.74, 6) is 2.63. The van der Waals surface area contributed by atoms with Crippen LogP contribution in [0.5, 0.6) is 0 Å². The third-order valence-electron chi connectivity index (χ3n) is 9.98. The predicted molar refractivity (Wildman–Crippen MR) is 219 cm³/mol. The Morgan fingerprint density at radius 2 is 1.49 bits per heavy atom. The lowest BCUT2D eigenvalue weighted by molar-refractivity contribution is -0.368. The molecule has 3 aromatic rings. The minimum atomic E-state index is -0.923. The first-order valence-corrected chi connectivity index (χ1v) is 20.9. The summed E-state index contributed by atoms with van der Waals surface area (Å²) in [7, 11) is 0. The van der Waals surface area contributed by atoms with Crippen LogP contribution in [-0.2, 0) is 48.0 Å². The molecule has 1 unspecified atom stereocenters. The molecule has 6 N–H and O–H groups in total. The monoisotopic (exact) mass is 854 g/mol. The fourth-order valence-electron chi connectivity index (χ4n) is 6.76. The van der Waals surface area contributed by atoms with Gasteiger partial charge in [-0.3, -0.25) is 14.4 Å².